The van der Waals surface area contributed by atoms with E-state index in [1.165, 1.54) is 4.80 Å². The van der Waals surface area contributed by atoms with E-state index in [9.17, 15) is 4.79 Å². The van der Waals surface area contributed by atoms with Crippen molar-refractivity contribution >= 4 is 39.1 Å². The lowest BCUT2D eigenvalue weighted by atomic mass is 10.2. The number of halogens is 1. The van der Waals surface area contributed by atoms with Crippen LogP contribution in [-0.4, -0.2) is 27.1 Å². The van der Waals surface area contributed by atoms with Crippen molar-refractivity contribution in [1.29, 1.82) is 0 Å². The number of para-hydroxylation sites is 1. The summed E-state index contributed by atoms with van der Waals surface area (Å²) >= 11 is 3.46. The number of benzene rings is 3. The van der Waals surface area contributed by atoms with Crippen molar-refractivity contribution in [2.75, 3.05) is 0 Å². The molecule has 0 saturated heterocycles. The molecule has 0 radical (unpaired) electrons. The van der Waals surface area contributed by atoms with Crippen LogP contribution in [0.4, 0.5) is 0 Å². The molecular weight excluding hydrogens is 446 g/mol. The molecule has 0 atom stereocenters. The molecule has 0 saturated carbocycles. The second-order valence-electron chi connectivity index (χ2n) is 6.47. The van der Waals surface area contributed by atoms with E-state index in [1.807, 2.05) is 72.8 Å². The first-order chi connectivity index (χ1) is 14.7. The van der Waals surface area contributed by atoms with Gasteiger partial charge in [-0.15, -0.1) is 0 Å². The Morgan fingerprint density at radius 1 is 1.03 bits per heavy atom. The maximum absolute atomic E-state index is 12.1. The Labute approximate surface area is 181 Å². The zero-order chi connectivity index (χ0) is 20.8. The van der Waals surface area contributed by atoms with Gasteiger partial charge in [-0.25, -0.2) is 5.43 Å². The molecule has 4 rings (SSSR count). The first-order valence-corrected chi connectivity index (χ1v) is 10.0. The smallest absolute Gasteiger partial charge is 0.263 e. The van der Waals surface area contributed by atoms with Gasteiger partial charge in [0, 0.05) is 10.0 Å². The molecule has 0 aliphatic rings. The van der Waals surface area contributed by atoms with Crippen LogP contribution in [-0.2, 0) is 17.9 Å². The molecule has 7 nitrogen and oxygen atoms in total. The van der Waals surface area contributed by atoms with Crippen molar-refractivity contribution in [3.63, 3.8) is 0 Å². The Morgan fingerprint density at radius 3 is 2.53 bits per heavy atom. The second kappa shape index (κ2) is 9.32. The summed E-state index contributed by atoms with van der Waals surface area (Å²) in [5, 5.41) is 12.6. The van der Waals surface area contributed by atoms with E-state index in [4.69, 9.17) is 4.74 Å². The summed E-state index contributed by atoms with van der Waals surface area (Å²) in [7, 11) is 0. The molecule has 4 aromatic rings. The van der Waals surface area contributed by atoms with Gasteiger partial charge in [0.1, 0.15) is 29.9 Å². The van der Waals surface area contributed by atoms with Crippen molar-refractivity contribution < 1.29 is 9.53 Å². The topological polar surface area (TPSA) is 81.4 Å². The molecule has 1 aromatic heterocycles. The summed E-state index contributed by atoms with van der Waals surface area (Å²) in [6.07, 6.45) is 1.56. The lowest BCUT2D eigenvalue weighted by Gasteiger charge is -2.09. The third-order valence-corrected chi connectivity index (χ3v) is 4.70. The number of nitrogens with one attached hydrogen (secondary N) is 1. The van der Waals surface area contributed by atoms with Crippen LogP contribution in [0.5, 0.6) is 5.75 Å². The van der Waals surface area contributed by atoms with Crippen LogP contribution in [0.3, 0.4) is 0 Å². The highest BCUT2D eigenvalue weighted by Crippen LogP contribution is 2.19. The van der Waals surface area contributed by atoms with Gasteiger partial charge in [0.2, 0.25) is 0 Å². The number of hydrazone groups is 1. The first kappa shape index (κ1) is 19.8. The molecule has 0 spiro atoms. The van der Waals surface area contributed by atoms with E-state index in [2.05, 4.69) is 36.7 Å². The highest BCUT2D eigenvalue weighted by atomic mass is 79.9. The maximum atomic E-state index is 12.1. The van der Waals surface area contributed by atoms with Gasteiger partial charge in [0.25, 0.3) is 5.91 Å². The summed E-state index contributed by atoms with van der Waals surface area (Å²) in [4.78, 5) is 13.5. The van der Waals surface area contributed by atoms with Crippen molar-refractivity contribution in [3.8, 4) is 5.75 Å². The standard InChI is InChI=1S/C22H18BrN5O2/c23-18-8-5-6-16(12-18)15-30-21-11-4-1-7-17(21)13-24-25-22(29)14-28-26-19-9-2-3-10-20(19)27-28/h1-13H,14-15H2,(H,25,29)/b24-13-. The number of carbonyl (C=O) groups is 1. The molecule has 30 heavy (non-hydrogen) atoms. The second-order valence-corrected chi connectivity index (χ2v) is 7.38. The summed E-state index contributed by atoms with van der Waals surface area (Å²) in [5.74, 6) is 0.356. The number of nitrogens with zero attached hydrogens (tertiary/aromatic N) is 4. The van der Waals surface area contributed by atoms with Gasteiger partial charge in [0.05, 0.1) is 6.21 Å². The molecule has 0 aliphatic carbocycles. The van der Waals surface area contributed by atoms with Crippen molar-refractivity contribution in [2.45, 2.75) is 13.2 Å². The third-order valence-electron chi connectivity index (χ3n) is 4.21. The van der Waals surface area contributed by atoms with Crippen LogP contribution >= 0.6 is 15.9 Å². The van der Waals surface area contributed by atoms with Crippen LogP contribution in [0, 0.1) is 0 Å². The van der Waals surface area contributed by atoms with Gasteiger partial charge in [-0.1, -0.05) is 52.3 Å². The number of aromatic nitrogens is 3. The van der Waals surface area contributed by atoms with E-state index >= 15 is 0 Å². The maximum Gasteiger partial charge on any atom is 0.263 e. The van der Waals surface area contributed by atoms with Crippen LogP contribution in [0.1, 0.15) is 11.1 Å². The van der Waals surface area contributed by atoms with E-state index in [1.54, 1.807) is 6.21 Å². The fourth-order valence-electron chi connectivity index (χ4n) is 2.82. The number of rotatable bonds is 7. The molecule has 0 bridgehead atoms. The summed E-state index contributed by atoms with van der Waals surface area (Å²) in [5.41, 5.74) is 5.79. The summed E-state index contributed by atoms with van der Waals surface area (Å²) < 4.78 is 6.92. The Balaban J connectivity index is 1.36. The largest absolute Gasteiger partial charge is 0.488 e. The molecule has 1 N–H and O–H groups in total. The van der Waals surface area contributed by atoms with Crippen LogP contribution < -0.4 is 10.2 Å². The van der Waals surface area contributed by atoms with Gasteiger partial charge in [-0.05, 0) is 42.0 Å². The lowest BCUT2D eigenvalue weighted by Crippen LogP contribution is -2.24. The zero-order valence-corrected chi connectivity index (χ0v) is 17.5. The number of hydrogen-bond donors (Lipinski definition) is 1. The molecule has 150 valence electrons. The highest BCUT2D eigenvalue weighted by molar-refractivity contribution is 9.10. The first-order valence-electron chi connectivity index (χ1n) is 9.25. The SMILES string of the molecule is O=C(Cn1nc2ccccc2n1)N/N=C\c1ccccc1OCc1cccc(Br)c1. The van der Waals surface area contributed by atoms with Gasteiger partial charge in [-0.2, -0.15) is 20.1 Å². The molecular formula is C22H18BrN5O2. The lowest BCUT2D eigenvalue weighted by molar-refractivity contribution is -0.122. The third kappa shape index (κ3) is 5.09. The van der Waals surface area contributed by atoms with Gasteiger partial charge in [0.15, 0.2) is 0 Å². The van der Waals surface area contributed by atoms with Crippen LogP contribution in [0.2, 0.25) is 0 Å². The highest BCUT2D eigenvalue weighted by Gasteiger charge is 2.07. The molecule has 0 fully saturated rings. The Kier molecular flexibility index (Phi) is 6.14. The molecule has 0 unspecified atom stereocenters. The summed E-state index contributed by atoms with van der Waals surface area (Å²) in [6.45, 7) is 0.405. The minimum absolute atomic E-state index is 0.0208. The van der Waals surface area contributed by atoms with Gasteiger partial charge < -0.3 is 4.74 Å². The van der Waals surface area contributed by atoms with Gasteiger partial charge >= 0.3 is 0 Å². The van der Waals surface area contributed by atoms with Gasteiger partial charge in [-0.3, -0.25) is 4.79 Å². The van der Waals surface area contributed by atoms with Crippen molar-refractivity contribution in [1.82, 2.24) is 20.4 Å². The molecule has 0 aliphatic heterocycles. The van der Waals surface area contributed by atoms with Crippen LogP contribution in [0.15, 0.2) is 82.4 Å². The fraction of sp³-hybridized carbons (Fsp3) is 0.0909. The predicted octanol–water partition coefficient (Wildman–Crippen LogP) is 3.92. The minimum atomic E-state index is -0.320. The Bertz CT molecular complexity index is 1170. The number of amides is 1. The van der Waals surface area contributed by atoms with E-state index in [0.29, 0.717) is 12.4 Å². The van der Waals surface area contributed by atoms with Crippen LogP contribution in [0.25, 0.3) is 11.0 Å². The number of fused-ring (bicyclic) bond motifs is 1. The van der Waals surface area contributed by atoms with E-state index < -0.39 is 0 Å². The fourth-order valence-corrected chi connectivity index (χ4v) is 3.27. The number of carbonyl (C=O) groups excluding carboxylic acids is 1. The molecule has 1 heterocycles. The van der Waals surface area contributed by atoms with Crippen molar-refractivity contribution in [3.05, 3.63) is 88.4 Å². The number of hydrogen-bond acceptors (Lipinski definition) is 5. The van der Waals surface area contributed by atoms with Crippen molar-refractivity contribution in [2.24, 2.45) is 5.10 Å². The zero-order valence-electron chi connectivity index (χ0n) is 15.9. The summed E-state index contributed by atoms with van der Waals surface area (Å²) in [6, 6.07) is 22.9. The normalized spacial score (nSPS) is 11.1. The average Bonchev–Trinajstić information content (AvgIpc) is 3.15. The monoisotopic (exact) mass is 463 g/mol. The average molecular weight is 464 g/mol. The molecule has 1 amide bonds. The molecule has 8 heteroatoms. The number of ether oxygens (including phenoxy) is 1. The Hall–Kier alpha value is -3.52. The van der Waals surface area contributed by atoms with E-state index in [-0.39, 0.29) is 12.5 Å². The van der Waals surface area contributed by atoms with E-state index in [0.717, 1.165) is 26.6 Å². The Morgan fingerprint density at radius 2 is 1.77 bits per heavy atom. The quantitative estimate of drug-likeness (QED) is 0.332. The molecule has 3 aromatic carbocycles. The predicted molar refractivity (Wildman–Crippen MR) is 118 cm³/mol. The minimum Gasteiger partial charge on any atom is -0.488 e.